The zero-order valence-electron chi connectivity index (χ0n) is 10.2. The molecule has 0 amide bonds. The van der Waals surface area contributed by atoms with Crippen LogP contribution in [0.5, 0.6) is 0 Å². The van der Waals surface area contributed by atoms with Gasteiger partial charge >= 0.3 is 5.97 Å². The first-order valence-corrected chi connectivity index (χ1v) is 6.74. The molecule has 0 aromatic carbocycles. The van der Waals surface area contributed by atoms with E-state index in [1.165, 1.54) is 30.4 Å². The van der Waals surface area contributed by atoms with Crippen LogP contribution in [0.3, 0.4) is 0 Å². The number of carboxylic acids is 1. The van der Waals surface area contributed by atoms with Crippen molar-refractivity contribution < 1.29 is 9.90 Å². The van der Waals surface area contributed by atoms with Crippen molar-refractivity contribution in [2.24, 2.45) is 5.41 Å². The molecule has 2 rings (SSSR count). The minimum absolute atomic E-state index is 0.294. The zero-order valence-corrected chi connectivity index (χ0v) is 11.0. The van der Waals surface area contributed by atoms with Crippen LogP contribution in [0.15, 0.2) is 6.20 Å². The summed E-state index contributed by atoms with van der Waals surface area (Å²) in [6, 6.07) is 0.423. The summed E-state index contributed by atoms with van der Waals surface area (Å²) in [5.41, 5.74) is 0.378. The summed E-state index contributed by atoms with van der Waals surface area (Å²) in [5, 5.41) is 12.9. The van der Waals surface area contributed by atoms with Crippen molar-refractivity contribution in [3.8, 4) is 0 Å². The van der Waals surface area contributed by atoms with Gasteiger partial charge in [0.25, 0.3) is 0 Å². The van der Waals surface area contributed by atoms with Crippen molar-refractivity contribution >= 4 is 22.4 Å². The number of anilines is 1. The van der Waals surface area contributed by atoms with Crippen molar-refractivity contribution in [3.05, 3.63) is 11.1 Å². The average molecular weight is 254 g/mol. The molecular formula is C12H18N2O2S. The van der Waals surface area contributed by atoms with Gasteiger partial charge in [0.1, 0.15) is 4.88 Å². The molecule has 94 valence electrons. The molecular weight excluding hydrogens is 236 g/mol. The van der Waals surface area contributed by atoms with Gasteiger partial charge in [0.05, 0.1) is 6.20 Å². The molecule has 0 radical (unpaired) electrons. The molecule has 0 spiro atoms. The third kappa shape index (κ3) is 3.19. The monoisotopic (exact) mass is 254 g/mol. The highest BCUT2D eigenvalue weighted by Crippen LogP contribution is 2.36. The third-order valence-electron chi connectivity index (χ3n) is 3.25. The van der Waals surface area contributed by atoms with Gasteiger partial charge in [-0.25, -0.2) is 9.78 Å². The molecule has 1 aliphatic carbocycles. The van der Waals surface area contributed by atoms with Crippen LogP contribution in [0.4, 0.5) is 5.13 Å². The quantitative estimate of drug-likeness (QED) is 0.869. The van der Waals surface area contributed by atoms with E-state index in [1.807, 2.05) is 0 Å². The van der Waals surface area contributed by atoms with Crippen molar-refractivity contribution in [1.82, 2.24) is 4.98 Å². The van der Waals surface area contributed by atoms with Crippen LogP contribution in [-0.2, 0) is 0 Å². The van der Waals surface area contributed by atoms with Gasteiger partial charge < -0.3 is 10.4 Å². The minimum atomic E-state index is -0.903. The number of aromatic nitrogens is 1. The number of carboxylic acid groups (broad SMARTS) is 1. The van der Waals surface area contributed by atoms with E-state index < -0.39 is 5.97 Å². The number of nitrogens with zero attached hydrogens (tertiary/aromatic N) is 1. The van der Waals surface area contributed by atoms with Crippen LogP contribution in [0.2, 0.25) is 0 Å². The van der Waals surface area contributed by atoms with Gasteiger partial charge in [-0.05, 0) is 24.7 Å². The zero-order chi connectivity index (χ0) is 12.5. The fourth-order valence-electron chi connectivity index (χ4n) is 2.44. The van der Waals surface area contributed by atoms with E-state index in [2.05, 4.69) is 24.1 Å². The fraction of sp³-hybridized carbons (Fsp3) is 0.667. The first kappa shape index (κ1) is 12.4. The topological polar surface area (TPSA) is 62.2 Å². The molecule has 1 aromatic rings. The van der Waals surface area contributed by atoms with E-state index in [1.54, 1.807) is 0 Å². The largest absolute Gasteiger partial charge is 0.477 e. The lowest BCUT2D eigenvalue weighted by Gasteiger charge is -2.35. The molecule has 4 nitrogen and oxygen atoms in total. The van der Waals surface area contributed by atoms with Gasteiger partial charge in [0.2, 0.25) is 0 Å². The van der Waals surface area contributed by atoms with E-state index >= 15 is 0 Å². The van der Waals surface area contributed by atoms with Gasteiger partial charge in [-0.15, -0.1) is 0 Å². The molecule has 0 aliphatic heterocycles. The molecule has 1 unspecified atom stereocenters. The first-order valence-electron chi connectivity index (χ1n) is 5.92. The smallest absolute Gasteiger partial charge is 0.347 e. The highest BCUT2D eigenvalue weighted by atomic mass is 32.1. The number of rotatable bonds is 3. The Labute approximate surface area is 105 Å². The summed E-state index contributed by atoms with van der Waals surface area (Å²) in [4.78, 5) is 15.2. The summed E-state index contributed by atoms with van der Waals surface area (Å²) in [6.45, 7) is 4.57. The second-order valence-corrected chi connectivity index (χ2v) is 6.47. The van der Waals surface area contributed by atoms with Gasteiger partial charge in [-0.2, -0.15) is 0 Å². The van der Waals surface area contributed by atoms with Crippen LogP contribution < -0.4 is 5.32 Å². The molecule has 0 bridgehead atoms. The molecule has 1 saturated carbocycles. The van der Waals surface area contributed by atoms with Crippen molar-refractivity contribution in [2.45, 2.75) is 45.6 Å². The predicted octanol–water partition coefficient (Wildman–Crippen LogP) is 3.22. The number of thiazole rings is 1. The summed E-state index contributed by atoms with van der Waals surface area (Å²) in [6.07, 6.45) is 6.18. The Kier molecular flexibility index (Phi) is 3.38. The normalized spacial score (nSPS) is 23.3. The molecule has 0 saturated heterocycles. The SMILES string of the molecule is CC1(C)CCCC(Nc2ncc(C(=O)O)s2)C1. The molecule has 17 heavy (non-hydrogen) atoms. The van der Waals surface area contributed by atoms with Gasteiger partial charge in [0, 0.05) is 6.04 Å². The third-order valence-corrected chi connectivity index (χ3v) is 4.17. The molecule has 1 atom stereocenters. The number of aromatic carboxylic acids is 1. The van der Waals surface area contributed by atoms with E-state index in [4.69, 9.17) is 5.11 Å². The van der Waals surface area contributed by atoms with Crippen LogP contribution >= 0.6 is 11.3 Å². The Morgan fingerprint density at radius 1 is 1.65 bits per heavy atom. The van der Waals surface area contributed by atoms with Crippen molar-refractivity contribution in [1.29, 1.82) is 0 Å². The Hall–Kier alpha value is -1.10. The average Bonchev–Trinajstić information content (AvgIpc) is 2.64. The van der Waals surface area contributed by atoms with Gasteiger partial charge in [-0.1, -0.05) is 31.6 Å². The van der Waals surface area contributed by atoms with E-state index in [0.717, 1.165) is 18.0 Å². The first-order chi connectivity index (χ1) is 7.96. The molecule has 1 aliphatic rings. The summed E-state index contributed by atoms with van der Waals surface area (Å²) < 4.78 is 0. The predicted molar refractivity (Wildman–Crippen MR) is 68.7 cm³/mol. The minimum Gasteiger partial charge on any atom is -0.477 e. The van der Waals surface area contributed by atoms with Crippen LogP contribution in [0, 0.1) is 5.41 Å². The van der Waals surface area contributed by atoms with Crippen molar-refractivity contribution in [3.63, 3.8) is 0 Å². The van der Waals surface area contributed by atoms with Gasteiger partial charge in [-0.3, -0.25) is 0 Å². The number of hydrogen-bond donors (Lipinski definition) is 2. The molecule has 1 aromatic heterocycles. The number of nitrogens with one attached hydrogen (secondary N) is 1. The maximum atomic E-state index is 10.8. The Bertz CT molecular complexity index is 414. The maximum Gasteiger partial charge on any atom is 0.347 e. The van der Waals surface area contributed by atoms with Crippen molar-refractivity contribution in [2.75, 3.05) is 5.32 Å². The second kappa shape index (κ2) is 4.64. The van der Waals surface area contributed by atoms with E-state index in [0.29, 0.717) is 16.3 Å². The highest BCUT2D eigenvalue weighted by Gasteiger charge is 2.28. The fourth-order valence-corrected chi connectivity index (χ4v) is 3.17. The molecule has 1 fully saturated rings. The van der Waals surface area contributed by atoms with E-state index in [-0.39, 0.29) is 0 Å². The van der Waals surface area contributed by atoms with E-state index in [9.17, 15) is 4.79 Å². The highest BCUT2D eigenvalue weighted by molar-refractivity contribution is 7.17. The second-order valence-electron chi connectivity index (χ2n) is 5.44. The molecule has 2 N–H and O–H groups in total. The Morgan fingerprint density at radius 3 is 3.00 bits per heavy atom. The lowest BCUT2D eigenvalue weighted by atomic mass is 9.75. The van der Waals surface area contributed by atoms with Crippen LogP contribution in [0.1, 0.15) is 49.2 Å². The lowest BCUT2D eigenvalue weighted by molar-refractivity contribution is 0.0702. The summed E-state index contributed by atoms with van der Waals surface area (Å²) >= 11 is 1.21. The van der Waals surface area contributed by atoms with Gasteiger partial charge in [0.15, 0.2) is 5.13 Å². The lowest BCUT2D eigenvalue weighted by Crippen LogP contribution is -2.31. The Balaban J connectivity index is 1.98. The summed E-state index contributed by atoms with van der Waals surface area (Å²) in [5.74, 6) is -0.903. The van der Waals surface area contributed by atoms with Crippen LogP contribution in [0.25, 0.3) is 0 Å². The molecule has 1 heterocycles. The number of hydrogen-bond acceptors (Lipinski definition) is 4. The number of carbonyl (C=O) groups is 1. The molecule has 5 heteroatoms. The Morgan fingerprint density at radius 2 is 2.41 bits per heavy atom. The summed E-state index contributed by atoms with van der Waals surface area (Å²) in [7, 11) is 0. The van der Waals surface area contributed by atoms with Crippen LogP contribution in [-0.4, -0.2) is 22.1 Å². The maximum absolute atomic E-state index is 10.8. The standard InChI is InChI=1S/C12H18N2O2S/c1-12(2)5-3-4-8(6-12)14-11-13-7-9(17-11)10(15)16/h7-8H,3-6H2,1-2H3,(H,13,14)(H,15,16).